The van der Waals surface area contributed by atoms with Crippen molar-refractivity contribution in [2.45, 2.75) is 33.6 Å². The second-order valence-corrected chi connectivity index (χ2v) is 7.04. The van der Waals surface area contributed by atoms with Gasteiger partial charge in [0, 0.05) is 29.9 Å². The van der Waals surface area contributed by atoms with Gasteiger partial charge >= 0.3 is 0 Å². The molecule has 0 bridgehead atoms. The normalized spacial score (nSPS) is 10.7. The predicted molar refractivity (Wildman–Crippen MR) is 121 cm³/mol. The number of likely N-dealkylation sites (N-methyl/N-ethyl adjacent to an activating group) is 1. The summed E-state index contributed by atoms with van der Waals surface area (Å²) in [6.07, 6.45) is 2.09. The molecule has 0 saturated heterocycles. The summed E-state index contributed by atoms with van der Waals surface area (Å²) in [6.45, 7) is 10.4. The highest BCUT2D eigenvalue weighted by atomic mass is 16.5. The van der Waals surface area contributed by atoms with Crippen LogP contribution in [0.25, 0.3) is 0 Å². The Balaban J connectivity index is 1.84. The molecule has 0 aliphatic carbocycles. The van der Waals surface area contributed by atoms with Gasteiger partial charge in [0.15, 0.2) is 0 Å². The van der Waals surface area contributed by atoms with Gasteiger partial charge in [-0.25, -0.2) is 0 Å². The molecule has 0 saturated carbocycles. The van der Waals surface area contributed by atoms with Gasteiger partial charge in [-0.05, 0) is 68.0 Å². The number of unbranched alkanes of at least 4 members (excludes halogenated alkanes) is 1. The van der Waals surface area contributed by atoms with E-state index in [1.807, 2.05) is 0 Å². The van der Waals surface area contributed by atoms with E-state index in [2.05, 4.69) is 36.3 Å². The molecule has 162 valence electrons. The minimum absolute atomic E-state index is 0.112. The van der Waals surface area contributed by atoms with Crippen molar-refractivity contribution < 1.29 is 14.3 Å². The quantitative estimate of drug-likeness (QED) is 0.514. The van der Waals surface area contributed by atoms with Crippen molar-refractivity contribution in [3.63, 3.8) is 0 Å². The molecule has 2 aromatic rings. The highest BCUT2D eigenvalue weighted by Gasteiger charge is 2.09. The maximum Gasteiger partial charge on any atom is 0.255 e. The Morgan fingerprint density at radius 1 is 0.867 bits per heavy atom. The van der Waals surface area contributed by atoms with Crippen molar-refractivity contribution in [3.8, 4) is 5.75 Å². The second-order valence-electron chi connectivity index (χ2n) is 7.04. The first-order valence-electron chi connectivity index (χ1n) is 10.7. The predicted octanol–water partition coefficient (Wildman–Crippen LogP) is 4.19. The Hall–Kier alpha value is -2.86. The molecule has 2 rings (SSSR count). The number of hydrogen-bond acceptors (Lipinski definition) is 4. The minimum Gasteiger partial charge on any atom is -0.494 e. The molecule has 0 fully saturated rings. The van der Waals surface area contributed by atoms with Crippen molar-refractivity contribution in [1.82, 2.24) is 10.2 Å². The number of carbonyl (C=O) groups is 2. The van der Waals surface area contributed by atoms with Crippen LogP contribution in [0.2, 0.25) is 0 Å². The van der Waals surface area contributed by atoms with Gasteiger partial charge in [-0.3, -0.25) is 9.59 Å². The summed E-state index contributed by atoms with van der Waals surface area (Å²) in [5.74, 6) is 0.446. The van der Waals surface area contributed by atoms with Crippen LogP contribution in [-0.2, 0) is 0 Å². The number of amides is 2. The molecule has 0 unspecified atom stereocenters. The fourth-order valence-corrected chi connectivity index (χ4v) is 2.91. The topological polar surface area (TPSA) is 70.7 Å². The van der Waals surface area contributed by atoms with E-state index >= 15 is 0 Å². The number of anilines is 1. The molecule has 0 spiro atoms. The second kappa shape index (κ2) is 12.6. The van der Waals surface area contributed by atoms with E-state index in [4.69, 9.17) is 4.74 Å². The van der Waals surface area contributed by atoms with Crippen LogP contribution in [0.4, 0.5) is 5.69 Å². The van der Waals surface area contributed by atoms with Gasteiger partial charge in [-0.2, -0.15) is 0 Å². The van der Waals surface area contributed by atoms with Crippen LogP contribution in [0, 0.1) is 0 Å². The zero-order valence-corrected chi connectivity index (χ0v) is 18.2. The van der Waals surface area contributed by atoms with Crippen LogP contribution in [0.5, 0.6) is 5.75 Å². The van der Waals surface area contributed by atoms with Gasteiger partial charge in [0.2, 0.25) is 0 Å². The average Bonchev–Trinajstić information content (AvgIpc) is 2.77. The van der Waals surface area contributed by atoms with Crippen molar-refractivity contribution in [2.24, 2.45) is 0 Å². The first kappa shape index (κ1) is 23.4. The van der Waals surface area contributed by atoms with Gasteiger partial charge in [-0.15, -0.1) is 0 Å². The third kappa shape index (κ3) is 7.52. The maximum atomic E-state index is 12.4. The fourth-order valence-electron chi connectivity index (χ4n) is 2.91. The van der Waals surface area contributed by atoms with E-state index < -0.39 is 0 Å². The summed E-state index contributed by atoms with van der Waals surface area (Å²) in [6, 6.07) is 14.0. The Labute approximate surface area is 179 Å². The van der Waals surface area contributed by atoms with E-state index in [1.165, 1.54) is 0 Å². The minimum atomic E-state index is -0.202. The van der Waals surface area contributed by atoms with Crippen LogP contribution >= 0.6 is 0 Å². The molecule has 30 heavy (non-hydrogen) atoms. The Morgan fingerprint density at radius 3 is 2.07 bits per heavy atom. The Bertz CT molecular complexity index is 784. The highest BCUT2D eigenvalue weighted by molar-refractivity contribution is 6.04. The molecule has 0 aliphatic rings. The van der Waals surface area contributed by atoms with Gasteiger partial charge in [0.1, 0.15) is 5.75 Å². The lowest BCUT2D eigenvalue weighted by atomic mass is 10.1. The molecule has 2 aromatic carbocycles. The van der Waals surface area contributed by atoms with Crippen LogP contribution in [0.3, 0.4) is 0 Å². The van der Waals surface area contributed by atoms with Crippen LogP contribution < -0.4 is 15.4 Å². The number of hydrogen-bond donors (Lipinski definition) is 2. The summed E-state index contributed by atoms with van der Waals surface area (Å²) in [5, 5.41) is 5.78. The van der Waals surface area contributed by atoms with E-state index in [0.717, 1.165) is 38.2 Å². The van der Waals surface area contributed by atoms with Gasteiger partial charge in [0.05, 0.1) is 6.61 Å². The van der Waals surface area contributed by atoms with Crippen molar-refractivity contribution >= 4 is 17.5 Å². The molecule has 0 radical (unpaired) electrons. The number of nitrogens with zero attached hydrogens (tertiary/aromatic N) is 1. The molecule has 6 nitrogen and oxygen atoms in total. The molecule has 6 heteroatoms. The van der Waals surface area contributed by atoms with Crippen LogP contribution in [-0.4, -0.2) is 49.5 Å². The Morgan fingerprint density at radius 2 is 1.47 bits per heavy atom. The third-order valence-electron chi connectivity index (χ3n) is 4.90. The number of benzene rings is 2. The summed E-state index contributed by atoms with van der Waals surface area (Å²) in [4.78, 5) is 26.9. The molecular weight excluding hydrogens is 378 g/mol. The third-order valence-corrected chi connectivity index (χ3v) is 4.90. The molecule has 0 atom stereocenters. The number of ether oxygens (including phenoxy) is 1. The number of carbonyl (C=O) groups excluding carboxylic acids is 2. The summed E-state index contributed by atoms with van der Waals surface area (Å²) < 4.78 is 5.62. The fraction of sp³-hybridized carbons (Fsp3) is 0.417. The zero-order valence-electron chi connectivity index (χ0n) is 18.2. The van der Waals surface area contributed by atoms with Crippen molar-refractivity contribution in [3.05, 3.63) is 59.7 Å². The first-order chi connectivity index (χ1) is 14.6. The largest absolute Gasteiger partial charge is 0.494 e. The van der Waals surface area contributed by atoms with E-state index in [1.54, 1.807) is 48.5 Å². The lowest BCUT2D eigenvalue weighted by molar-refractivity contribution is 0.0948. The zero-order chi connectivity index (χ0) is 21.8. The lowest BCUT2D eigenvalue weighted by Crippen LogP contribution is -2.34. The summed E-state index contributed by atoms with van der Waals surface area (Å²) in [5.41, 5.74) is 1.76. The van der Waals surface area contributed by atoms with Gasteiger partial charge in [-0.1, -0.05) is 27.2 Å². The number of nitrogens with one attached hydrogen (secondary N) is 2. The van der Waals surface area contributed by atoms with Crippen LogP contribution in [0.15, 0.2) is 48.5 Å². The van der Waals surface area contributed by atoms with Crippen molar-refractivity contribution in [1.29, 1.82) is 0 Å². The molecular formula is C24H33N3O3. The van der Waals surface area contributed by atoms with Gasteiger partial charge in [0.25, 0.3) is 11.8 Å². The first-order valence-corrected chi connectivity index (χ1v) is 10.7. The highest BCUT2D eigenvalue weighted by Crippen LogP contribution is 2.15. The lowest BCUT2D eigenvalue weighted by Gasteiger charge is -2.18. The molecule has 2 amide bonds. The monoisotopic (exact) mass is 411 g/mol. The summed E-state index contributed by atoms with van der Waals surface area (Å²) in [7, 11) is 0. The molecule has 0 aliphatic heterocycles. The molecule has 2 N–H and O–H groups in total. The number of rotatable bonds is 12. The van der Waals surface area contributed by atoms with E-state index in [-0.39, 0.29) is 11.8 Å². The SMILES string of the molecule is CCCCOc1ccc(C(=O)Nc2ccc(C(=O)NCCN(CC)CC)cc2)cc1. The summed E-state index contributed by atoms with van der Waals surface area (Å²) >= 11 is 0. The Kier molecular flexibility index (Phi) is 9.87. The van der Waals surface area contributed by atoms with E-state index in [9.17, 15) is 9.59 Å². The molecule has 0 heterocycles. The van der Waals surface area contributed by atoms with Crippen molar-refractivity contribution in [2.75, 3.05) is 38.1 Å². The standard InChI is InChI=1S/C24H33N3O3/c1-4-7-18-30-22-14-10-20(11-15-22)24(29)26-21-12-8-19(9-13-21)23(28)25-16-17-27(5-2)6-3/h8-15H,4-7,16-18H2,1-3H3,(H,25,28)(H,26,29). The smallest absolute Gasteiger partial charge is 0.255 e. The average molecular weight is 412 g/mol. The van der Waals surface area contributed by atoms with Gasteiger partial charge < -0.3 is 20.3 Å². The van der Waals surface area contributed by atoms with Crippen LogP contribution in [0.1, 0.15) is 54.3 Å². The van der Waals surface area contributed by atoms with E-state index in [0.29, 0.717) is 30.0 Å². The molecule has 0 aromatic heterocycles. The maximum absolute atomic E-state index is 12.4.